The fourth-order valence-electron chi connectivity index (χ4n) is 3.62. The van der Waals surface area contributed by atoms with Gasteiger partial charge in [0.15, 0.2) is 0 Å². The molecule has 0 saturated carbocycles. The van der Waals surface area contributed by atoms with Gasteiger partial charge in [0.2, 0.25) is 0 Å². The third-order valence-corrected chi connectivity index (χ3v) is 4.65. The first kappa shape index (κ1) is 16.4. The summed E-state index contributed by atoms with van der Waals surface area (Å²) in [4.78, 5) is 14.9. The summed E-state index contributed by atoms with van der Waals surface area (Å²) in [5.74, 6) is 1.19. The van der Waals surface area contributed by atoms with Crippen LogP contribution in [-0.4, -0.2) is 18.7 Å². The van der Waals surface area contributed by atoms with Crippen molar-refractivity contribution in [1.29, 1.82) is 0 Å². The molecule has 1 aliphatic rings. The van der Waals surface area contributed by atoms with Crippen molar-refractivity contribution in [2.24, 2.45) is 0 Å². The number of fused-ring (bicyclic) bond motifs is 1. The van der Waals surface area contributed by atoms with Gasteiger partial charge in [-0.2, -0.15) is 0 Å². The molecule has 2 aromatic carbocycles. The average Bonchev–Trinajstić information content (AvgIpc) is 2.54. The Morgan fingerprint density at radius 2 is 1.92 bits per heavy atom. The van der Waals surface area contributed by atoms with E-state index < -0.39 is 0 Å². The predicted octanol–water partition coefficient (Wildman–Crippen LogP) is 5.02. The maximum Gasteiger partial charge on any atom is 0.326 e. The Bertz CT molecular complexity index is 741. The summed E-state index contributed by atoms with van der Waals surface area (Å²) in [6, 6.07) is 15.4. The molecule has 126 valence electrons. The molecular formula is C20H24N2O2. The largest absolute Gasteiger partial charge is 0.497 e. The van der Waals surface area contributed by atoms with Crippen LogP contribution in [0.25, 0.3) is 0 Å². The number of para-hydroxylation sites is 1. The van der Waals surface area contributed by atoms with Gasteiger partial charge in [-0.15, -0.1) is 0 Å². The summed E-state index contributed by atoms with van der Waals surface area (Å²) in [5, 5.41) is 3.01. The standard InChI is InChI=1S/C20H24N2O2/c1-14-13-20(2,3)22(18-11-10-16(24-4)12-17(14)18)19(23)21-15-8-6-5-7-9-15/h5-12,14H,13H2,1-4H3,(H,21,23)/t14-/m1/s1. The number of carbonyl (C=O) groups is 1. The maximum atomic E-state index is 13.0. The Morgan fingerprint density at radius 3 is 2.58 bits per heavy atom. The van der Waals surface area contributed by atoms with Crippen LogP contribution < -0.4 is 15.0 Å². The number of hydrogen-bond donors (Lipinski definition) is 1. The van der Waals surface area contributed by atoms with Crippen LogP contribution in [0.1, 0.15) is 38.7 Å². The van der Waals surface area contributed by atoms with Crippen molar-refractivity contribution in [3.05, 3.63) is 54.1 Å². The van der Waals surface area contributed by atoms with Gasteiger partial charge in [-0.1, -0.05) is 25.1 Å². The van der Waals surface area contributed by atoms with Crippen LogP contribution in [0, 0.1) is 0 Å². The SMILES string of the molecule is COc1ccc2c(c1)[C@H](C)CC(C)(C)N2C(=O)Nc1ccccc1. The van der Waals surface area contributed by atoms with E-state index >= 15 is 0 Å². The van der Waals surface area contributed by atoms with E-state index in [9.17, 15) is 4.79 Å². The number of hydrogen-bond acceptors (Lipinski definition) is 2. The zero-order valence-corrected chi connectivity index (χ0v) is 14.7. The van der Waals surface area contributed by atoms with Crippen LogP contribution in [0.2, 0.25) is 0 Å². The molecule has 0 aromatic heterocycles. The minimum Gasteiger partial charge on any atom is -0.497 e. The van der Waals surface area contributed by atoms with Crippen LogP contribution in [0.5, 0.6) is 5.75 Å². The summed E-state index contributed by atoms with van der Waals surface area (Å²) in [5.41, 5.74) is 2.64. The molecule has 2 amide bonds. The molecule has 1 aliphatic heterocycles. The van der Waals surface area contributed by atoms with Gasteiger partial charge < -0.3 is 10.1 Å². The van der Waals surface area contributed by atoms with Crippen molar-refractivity contribution in [3.8, 4) is 5.75 Å². The third-order valence-electron chi connectivity index (χ3n) is 4.65. The highest BCUT2D eigenvalue weighted by Crippen LogP contribution is 2.44. The van der Waals surface area contributed by atoms with Crippen molar-refractivity contribution < 1.29 is 9.53 Å². The molecule has 4 nitrogen and oxygen atoms in total. The van der Waals surface area contributed by atoms with Crippen molar-refractivity contribution in [2.45, 2.75) is 38.6 Å². The summed E-state index contributed by atoms with van der Waals surface area (Å²) in [6.45, 7) is 6.43. The lowest BCUT2D eigenvalue weighted by Crippen LogP contribution is -2.53. The molecule has 0 aliphatic carbocycles. The molecule has 1 atom stereocenters. The van der Waals surface area contributed by atoms with Gasteiger partial charge in [-0.25, -0.2) is 4.79 Å². The number of rotatable bonds is 2. The molecule has 2 aromatic rings. The van der Waals surface area contributed by atoms with Crippen LogP contribution in [-0.2, 0) is 0 Å². The van der Waals surface area contributed by atoms with E-state index in [4.69, 9.17) is 4.74 Å². The molecule has 0 radical (unpaired) electrons. The van der Waals surface area contributed by atoms with Gasteiger partial charge in [-0.3, -0.25) is 4.90 Å². The molecular weight excluding hydrogens is 300 g/mol. The molecule has 24 heavy (non-hydrogen) atoms. The first-order valence-corrected chi connectivity index (χ1v) is 8.26. The number of urea groups is 1. The van der Waals surface area contributed by atoms with Crippen LogP contribution in [0.3, 0.4) is 0 Å². The Morgan fingerprint density at radius 1 is 1.21 bits per heavy atom. The number of ether oxygens (including phenoxy) is 1. The van der Waals surface area contributed by atoms with Gasteiger partial charge in [0.05, 0.1) is 7.11 Å². The number of benzene rings is 2. The highest BCUT2D eigenvalue weighted by molar-refractivity contribution is 6.03. The summed E-state index contributed by atoms with van der Waals surface area (Å²) in [7, 11) is 1.67. The fraction of sp³-hybridized carbons (Fsp3) is 0.350. The number of methoxy groups -OCH3 is 1. The van der Waals surface area contributed by atoms with Gasteiger partial charge in [0.1, 0.15) is 5.75 Å². The third kappa shape index (κ3) is 2.96. The summed E-state index contributed by atoms with van der Waals surface area (Å²) in [6.07, 6.45) is 0.898. The van der Waals surface area contributed by atoms with Gasteiger partial charge >= 0.3 is 6.03 Å². The maximum absolute atomic E-state index is 13.0. The number of carbonyl (C=O) groups excluding carboxylic acids is 1. The second-order valence-electron chi connectivity index (χ2n) is 6.97. The Balaban J connectivity index is 1.99. The normalized spacial score (nSPS) is 18.7. The van der Waals surface area contributed by atoms with Crippen molar-refractivity contribution >= 4 is 17.4 Å². The number of nitrogens with zero attached hydrogens (tertiary/aromatic N) is 1. The van der Waals surface area contributed by atoms with E-state index in [0.29, 0.717) is 5.92 Å². The lowest BCUT2D eigenvalue weighted by molar-refractivity contribution is 0.247. The molecule has 0 bridgehead atoms. The lowest BCUT2D eigenvalue weighted by Gasteiger charge is -2.45. The van der Waals surface area contributed by atoms with E-state index in [1.165, 1.54) is 0 Å². The zero-order chi connectivity index (χ0) is 17.3. The van der Waals surface area contributed by atoms with Crippen LogP contribution >= 0.6 is 0 Å². The molecule has 0 unspecified atom stereocenters. The molecule has 0 fully saturated rings. The smallest absolute Gasteiger partial charge is 0.326 e. The molecule has 0 spiro atoms. The van der Waals surface area contributed by atoms with E-state index in [2.05, 4.69) is 26.1 Å². The predicted molar refractivity (Wildman–Crippen MR) is 98.0 cm³/mol. The first-order chi connectivity index (χ1) is 11.4. The zero-order valence-electron chi connectivity index (χ0n) is 14.7. The van der Waals surface area contributed by atoms with Gasteiger partial charge in [-0.05, 0) is 62.1 Å². The van der Waals surface area contributed by atoms with E-state index in [-0.39, 0.29) is 11.6 Å². The molecule has 1 N–H and O–H groups in total. The number of nitrogens with one attached hydrogen (secondary N) is 1. The monoisotopic (exact) mass is 324 g/mol. The minimum atomic E-state index is -0.264. The molecule has 0 saturated heterocycles. The topological polar surface area (TPSA) is 41.6 Å². The quantitative estimate of drug-likeness (QED) is 0.842. The Labute approximate surface area is 143 Å². The van der Waals surface area contributed by atoms with Crippen molar-refractivity contribution in [1.82, 2.24) is 0 Å². The Hall–Kier alpha value is -2.49. The molecule has 3 rings (SSSR count). The first-order valence-electron chi connectivity index (χ1n) is 8.26. The highest BCUT2D eigenvalue weighted by Gasteiger charge is 2.40. The average molecular weight is 324 g/mol. The van der Waals surface area contributed by atoms with Gasteiger partial charge in [0.25, 0.3) is 0 Å². The van der Waals surface area contributed by atoms with Crippen LogP contribution in [0.15, 0.2) is 48.5 Å². The second kappa shape index (κ2) is 6.19. The molecule has 1 heterocycles. The molecule has 4 heteroatoms. The highest BCUT2D eigenvalue weighted by atomic mass is 16.5. The van der Waals surface area contributed by atoms with E-state index in [0.717, 1.165) is 29.1 Å². The summed E-state index contributed by atoms with van der Waals surface area (Å²) >= 11 is 0. The van der Waals surface area contributed by atoms with Crippen LogP contribution in [0.4, 0.5) is 16.2 Å². The minimum absolute atomic E-state index is 0.107. The fourth-order valence-corrected chi connectivity index (χ4v) is 3.62. The van der Waals surface area contributed by atoms with Crippen molar-refractivity contribution in [3.63, 3.8) is 0 Å². The van der Waals surface area contributed by atoms with E-state index in [1.807, 2.05) is 53.4 Å². The summed E-state index contributed by atoms with van der Waals surface area (Å²) < 4.78 is 5.35. The Kier molecular flexibility index (Phi) is 4.22. The van der Waals surface area contributed by atoms with E-state index in [1.54, 1.807) is 7.11 Å². The number of anilines is 2. The van der Waals surface area contributed by atoms with Crippen molar-refractivity contribution in [2.75, 3.05) is 17.3 Å². The lowest BCUT2D eigenvalue weighted by atomic mass is 9.80. The van der Waals surface area contributed by atoms with Gasteiger partial charge in [0, 0.05) is 16.9 Å². The second-order valence-corrected chi connectivity index (χ2v) is 6.97. The number of amides is 2.